The SMILES string of the molecule is O=C(O)C[C@@H]1CC[C@H](NC(=O)c2csc(C3CCCCC3)c2)C1. The highest BCUT2D eigenvalue weighted by molar-refractivity contribution is 7.10. The van der Waals surface area contributed by atoms with Gasteiger partial charge in [0, 0.05) is 22.7 Å². The van der Waals surface area contributed by atoms with E-state index in [0.29, 0.717) is 5.92 Å². The lowest BCUT2D eigenvalue weighted by molar-refractivity contribution is -0.138. The smallest absolute Gasteiger partial charge is 0.303 e. The van der Waals surface area contributed by atoms with E-state index in [4.69, 9.17) is 5.11 Å². The van der Waals surface area contributed by atoms with Crippen LogP contribution in [0, 0.1) is 5.92 Å². The van der Waals surface area contributed by atoms with Gasteiger partial charge in [-0.3, -0.25) is 9.59 Å². The summed E-state index contributed by atoms with van der Waals surface area (Å²) in [4.78, 5) is 24.5. The highest BCUT2D eigenvalue weighted by atomic mass is 32.1. The van der Waals surface area contributed by atoms with Crippen molar-refractivity contribution in [2.75, 3.05) is 0 Å². The molecule has 5 heteroatoms. The van der Waals surface area contributed by atoms with Crippen molar-refractivity contribution < 1.29 is 14.7 Å². The minimum absolute atomic E-state index is 0.00397. The van der Waals surface area contributed by atoms with E-state index in [9.17, 15) is 9.59 Å². The van der Waals surface area contributed by atoms with Crippen LogP contribution in [0.3, 0.4) is 0 Å². The Hall–Kier alpha value is -1.36. The fraction of sp³-hybridized carbons (Fsp3) is 0.667. The molecular weight excluding hydrogens is 310 g/mol. The molecule has 0 unspecified atom stereocenters. The lowest BCUT2D eigenvalue weighted by Crippen LogP contribution is -2.32. The number of rotatable bonds is 5. The second kappa shape index (κ2) is 7.47. The third-order valence-electron chi connectivity index (χ3n) is 5.23. The molecule has 4 nitrogen and oxygen atoms in total. The second-order valence-corrected chi connectivity index (χ2v) is 7.96. The Labute approximate surface area is 141 Å². The van der Waals surface area contributed by atoms with Crippen molar-refractivity contribution in [1.29, 1.82) is 0 Å². The standard InChI is InChI=1S/C18H25NO3S/c20-17(21)9-12-6-7-15(8-12)19-18(22)14-10-16(23-11-14)13-4-2-1-3-5-13/h10-13,15H,1-9H2,(H,19,22)(H,20,21)/t12-,15+/m1/s1. The van der Waals surface area contributed by atoms with Crippen LogP contribution in [0.1, 0.15) is 78.9 Å². The Kier molecular flexibility index (Phi) is 5.36. The van der Waals surface area contributed by atoms with E-state index in [1.807, 2.05) is 5.38 Å². The molecule has 1 aromatic rings. The summed E-state index contributed by atoms with van der Waals surface area (Å²) in [5.74, 6) is 0.112. The van der Waals surface area contributed by atoms with Gasteiger partial charge in [-0.1, -0.05) is 19.3 Å². The van der Waals surface area contributed by atoms with E-state index in [1.54, 1.807) is 11.3 Å². The predicted molar refractivity (Wildman–Crippen MR) is 91.0 cm³/mol. The number of hydrogen-bond donors (Lipinski definition) is 2. The number of carbonyl (C=O) groups is 2. The van der Waals surface area contributed by atoms with Crippen molar-refractivity contribution in [2.24, 2.45) is 5.92 Å². The molecule has 0 bridgehead atoms. The van der Waals surface area contributed by atoms with Gasteiger partial charge in [0.2, 0.25) is 0 Å². The minimum Gasteiger partial charge on any atom is -0.481 e. The van der Waals surface area contributed by atoms with Crippen LogP contribution in [0.5, 0.6) is 0 Å². The summed E-state index contributed by atoms with van der Waals surface area (Å²) in [5, 5.41) is 13.9. The molecule has 2 aliphatic rings. The van der Waals surface area contributed by atoms with Crippen molar-refractivity contribution in [1.82, 2.24) is 5.32 Å². The Morgan fingerprint density at radius 3 is 2.70 bits per heavy atom. The number of hydrogen-bond acceptors (Lipinski definition) is 3. The normalized spacial score (nSPS) is 25.4. The van der Waals surface area contributed by atoms with E-state index in [-0.39, 0.29) is 24.3 Å². The van der Waals surface area contributed by atoms with Gasteiger partial charge in [0.05, 0.1) is 5.56 Å². The highest BCUT2D eigenvalue weighted by Crippen LogP contribution is 2.36. The Morgan fingerprint density at radius 2 is 1.96 bits per heavy atom. The number of thiophene rings is 1. The maximum absolute atomic E-state index is 12.4. The fourth-order valence-electron chi connectivity index (χ4n) is 3.98. The van der Waals surface area contributed by atoms with Crippen molar-refractivity contribution in [3.05, 3.63) is 21.9 Å². The fourth-order valence-corrected chi connectivity index (χ4v) is 5.04. The summed E-state index contributed by atoms with van der Waals surface area (Å²) in [6.45, 7) is 0. The summed E-state index contributed by atoms with van der Waals surface area (Å²) >= 11 is 1.71. The van der Waals surface area contributed by atoms with Gasteiger partial charge in [0.1, 0.15) is 0 Å². The monoisotopic (exact) mass is 335 g/mol. The second-order valence-electron chi connectivity index (χ2n) is 7.02. The Morgan fingerprint density at radius 1 is 1.17 bits per heavy atom. The summed E-state index contributed by atoms with van der Waals surface area (Å²) in [7, 11) is 0. The van der Waals surface area contributed by atoms with Crippen LogP contribution in [0.15, 0.2) is 11.4 Å². The zero-order valence-corrected chi connectivity index (χ0v) is 14.2. The molecule has 2 N–H and O–H groups in total. The maximum Gasteiger partial charge on any atom is 0.303 e. The van der Waals surface area contributed by atoms with E-state index in [0.717, 1.165) is 24.8 Å². The van der Waals surface area contributed by atoms with Gasteiger partial charge >= 0.3 is 5.97 Å². The number of nitrogens with one attached hydrogen (secondary N) is 1. The average Bonchev–Trinajstić information content (AvgIpc) is 3.17. The Balaban J connectivity index is 1.52. The van der Waals surface area contributed by atoms with Crippen LogP contribution in [0.25, 0.3) is 0 Å². The van der Waals surface area contributed by atoms with Gasteiger partial charge in [-0.25, -0.2) is 0 Å². The quantitative estimate of drug-likeness (QED) is 0.849. The summed E-state index contributed by atoms with van der Waals surface area (Å²) in [6.07, 6.45) is 9.25. The summed E-state index contributed by atoms with van der Waals surface area (Å²) in [5.41, 5.74) is 0.775. The molecule has 2 saturated carbocycles. The molecule has 0 spiro atoms. The molecule has 126 valence electrons. The zero-order chi connectivity index (χ0) is 16.2. The van der Waals surface area contributed by atoms with Crippen LogP contribution >= 0.6 is 11.3 Å². The van der Waals surface area contributed by atoms with Gasteiger partial charge in [-0.05, 0) is 50.0 Å². The molecule has 3 rings (SSSR count). The topological polar surface area (TPSA) is 66.4 Å². The van der Waals surface area contributed by atoms with Crippen molar-refractivity contribution in [2.45, 2.75) is 69.7 Å². The number of aliphatic carboxylic acids is 1. The van der Waals surface area contributed by atoms with Crippen molar-refractivity contribution in [3.63, 3.8) is 0 Å². The lowest BCUT2D eigenvalue weighted by atomic mass is 9.88. The van der Waals surface area contributed by atoms with Crippen LogP contribution in [-0.2, 0) is 4.79 Å². The summed E-state index contributed by atoms with van der Waals surface area (Å²) in [6, 6.07) is 2.20. The molecule has 1 aromatic heterocycles. The molecule has 1 heterocycles. The van der Waals surface area contributed by atoms with E-state index >= 15 is 0 Å². The molecule has 0 radical (unpaired) electrons. The lowest BCUT2D eigenvalue weighted by Gasteiger charge is -2.19. The summed E-state index contributed by atoms with van der Waals surface area (Å²) < 4.78 is 0. The molecule has 23 heavy (non-hydrogen) atoms. The third-order valence-corrected chi connectivity index (χ3v) is 6.32. The predicted octanol–water partition coefficient (Wildman–Crippen LogP) is 4.17. The molecular formula is C18H25NO3S. The van der Waals surface area contributed by atoms with Gasteiger partial charge in [0.25, 0.3) is 5.91 Å². The first-order valence-corrected chi connectivity index (χ1v) is 9.61. The van der Waals surface area contributed by atoms with E-state index in [1.165, 1.54) is 37.0 Å². The zero-order valence-electron chi connectivity index (χ0n) is 13.4. The van der Waals surface area contributed by atoms with Crippen LogP contribution < -0.4 is 5.32 Å². The van der Waals surface area contributed by atoms with Crippen molar-refractivity contribution in [3.8, 4) is 0 Å². The third kappa shape index (κ3) is 4.34. The first kappa shape index (κ1) is 16.5. The van der Waals surface area contributed by atoms with Crippen LogP contribution in [0.2, 0.25) is 0 Å². The molecule has 1 amide bonds. The number of amides is 1. The van der Waals surface area contributed by atoms with Gasteiger partial charge in [0.15, 0.2) is 0 Å². The number of carboxylic acids is 1. The van der Waals surface area contributed by atoms with Gasteiger partial charge in [-0.15, -0.1) is 11.3 Å². The Bertz CT molecular complexity index is 562. The first-order chi connectivity index (χ1) is 11.1. The first-order valence-electron chi connectivity index (χ1n) is 8.73. The van der Waals surface area contributed by atoms with Gasteiger partial charge < -0.3 is 10.4 Å². The molecule has 2 fully saturated rings. The molecule has 2 atom stereocenters. The van der Waals surface area contributed by atoms with Crippen LogP contribution in [-0.4, -0.2) is 23.0 Å². The number of carbonyl (C=O) groups excluding carboxylic acids is 1. The molecule has 2 aliphatic carbocycles. The number of carboxylic acid groups (broad SMARTS) is 1. The molecule has 0 saturated heterocycles. The minimum atomic E-state index is -0.739. The largest absolute Gasteiger partial charge is 0.481 e. The van der Waals surface area contributed by atoms with Crippen molar-refractivity contribution >= 4 is 23.2 Å². The van der Waals surface area contributed by atoms with Crippen LogP contribution in [0.4, 0.5) is 0 Å². The van der Waals surface area contributed by atoms with Gasteiger partial charge in [-0.2, -0.15) is 0 Å². The highest BCUT2D eigenvalue weighted by Gasteiger charge is 2.28. The molecule has 0 aliphatic heterocycles. The average molecular weight is 335 g/mol. The van der Waals surface area contributed by atoms with E-state index < -0.39 is 5.97 Å². The maximum atomic E-state index is 12.4. The van der Waals surface area contributed by atoms with E-state index in [2.05, 4.69) is 11.4 Å². The molecule has 0 aromatic carbocycles.